The topological polar surface area (TPSA) is 55.8 Å². The number of rotatable bonds is 9. The average Bonchev–Trinajstić information content (AvgIpc) is 2.26. The van der Waals surface area contributed by atoms with Crippen molar-refractivity contribution in [2.24, 2.45) is 0 Å². The van der Waals surface area contributed by atoms with E-state index in [1.165, 1.54) is 0 Å². The largest absolute Gasteiger partial charge is 0.389 e. The lowest BCUT2D eigenvalue weighted by Gasteiger charge is -2.31. The Kier molecular flexibility index (Phi) is 8.99. The van der Waals surface area contributed by atoms with E-state index in [1.807, 2.05) is 27.7 Å². The molecule has 0 N–H and O–H groups in total. The number of nitrogens with zero attached hydrogens (tertiary/aromatic N) is 1. The Morgan fingerprint density at radius 3 is 1.84 bits per heavy atom. The Labute approximate surface area is 120 Å². The van der Waals surface area contributed by atoms with Crippen molar-refractivity contribution in [2.45, 2.75) is 53.6 Å². The molecule has 0 saturated heterocycles. The third kappa shape index (κ3) is 6.80. The van der Waals surface area contributed by atoms with E-state index < -0.39 is 6.80 Å². The Balaban J connectivity index is 4.59. The predicted molar refractivity (Wildman–Crippen MR) is 80.4 cm³/mol. The second-order valence-corrected chi connectivity index (χ2v) is 8.62. The fraction of sp³-hybridized carbons (Fsp3) is 0.917. The van der Waals surface area contributed by atoms with Crippen molar-refractivity contribution < 1.29 is 18.4 Å². The van der Waals surface area contributed by atoms with Crippen LogP contribution < -0.4 is 0 Å². The summed E-state index contributed by atoms with van der Waals surface area (Å²) >= 11 is 0.964. The molecule has 0 rings (SSSR count). The van der Waals surface area contributed by atoms with Crippen LogP contribution in [0.5, 0.6) is 0 Å². The van der Waals surface area contributed by atoms with Crippen LogP contribution in [0, 0.1) is 0 Å². The van der Waals surface area contributed by atoms with Crippen molar-refractivity contribution in [3.63, 3.8) is 0 Å². The smallest absolute Gasteiger partial charge is 0.337 e. The highest BCUT2D eigenvalue weighted by atomic mass is 32.7. The Morgan fingerprint density at radius 1 is 1.11 bits per heavy atom. The summed E-state index contributed by atoms with van der Waals surface area (Å²) < 4.78 is 22.5. The normalized spacial score (nSPS) is 12.2. The first-order valence-corrected chi connectivity index (χ1v) is 9.75. The van der Waals surface area contributed by atoms with Crippen LogP contribution in [-0.4, -0.2) is 41.9 Å². The summed E-state index contributed by atoms with van der Waals surface area (Å²) in [6.45, 7) is 8.77. The van der Waals surface area contributed by atoms with Crippen LogP contribution in [0.2, 0.25) is 0 Å². The van der Waals surface area contributed by atoms with E-state index in [-0.39, 0.29) is 23.7 Å². The molecule has 0 aromatic heterocycles. The van der Waals surface area contributed by atoms with Gasteiger partial charge in [0.1, 0.15) is 0 Å². The SMILES string of the molecule is CCOP(=O)(OCC)SCC(=O)N(C(C)C)C(C)C. The highest BCUT2D eigenvalue weighted by Crippen LogP contribution is 2.60. The van der Waals surface area contributed by atoms with Crippen molar-refractivity contribution in [1.82, 2.24) is 4.90 Å². The van der Waals surface area contributed by atoms with Gasteiger partial charge < -0.3 is 13.9 Å². The minimum absolute atomic E-state index is 0.0466. The third-order valence-electron chi connectivity index (χ3n) is 2.32. The summed E-state index contributed by atoms with van der Waals surface area (Å²) in [5.41, 5.74) is 0. The highest BCUT2D eigenvalue weighted by Gasteiger charge is 2.28. The van der Waals surface area contributed by atoms with Gasteiger partial charge in [-0.3, -0.25) is 4.79 Å². The fourth-order valence-electron chi connectivity index (χ4n) is 1.81. The van der Waals surface area contributed by atoms with E-state index in [2.05, 4.69) is 0 Å². The van der Waals surface area contributed by atoms with Gasteiger partial charge in [-0.1, -0.05) is 0 Å². The highest BCUT2D eigenvalue weighted by molar-refractivity contribution is 8.55. The molecule has 7 heteroatoms. The molecule has 0 radical (unpaired) electrons. The Bertz CT molecular complexity index is 305. The van der Waals surface area contributed by atoms with Crippen LogP contribution in [-0.2, 0) is 18.4 Å². The molecular formula is C12H26NO4PS. The van der Waals surface area contributed by atoms with Crippen LogP contribution in [0.4, 0.5) is 0 Å². The maximum Gasteiger partial charge on any atom is 0.389 e. The van der Waals surface area contributed by atoms with Gasteiger partial charge in [-0.05, 0) is 52.9 Å². The summed E-state index contributed by atoms with van der Waals surface area (Å²) in [7, 11) is 0. The minimum Gasteiger partial charge on any atom is -0.337 e. The molecule has 1 amide bonds. The fourth-order valence-corrected chi connectivity index (χ4v) is 4.97. The molecular weight excluding hydrogens is 285 g/mol. The summed E-state index contributed by atoms with van der Waals surface area (Å²) in [5, 5.41) is 0. The molecule has 0 fully saturated rings. The van der Waals surface area contributed by atoms with Crippen molar-refractivity contribution >= 4 is 24.1 Å². The first-order valence-electron chi connectivity index (χ1n) is 6.62. The molecule has 0 aliphatic rings. The van der Waals surface area contributed by atoms with Crippen LogP contribution in [0.15, 0.2) is 0 Å². The lowest BCUT2D eigenvalue weighted by molar-refractivity contribution is -0.131. The lowest BCUT2D eigenvalue weighted by Crippen LogP contribution is -2.43. The average molecular weight is 311 g/mol. The molecule has 0 bridgehead atoms. The standard InChI is InChI=1S/C12H26NO4PS/c1-7-16-18(15,17-8-2)19-9-12(14)13(10(3)4)11(5)6/h10-11H,7-9H2,1-6H3. The predicted octanol–water partition coefficient (Wildman–Crippen LogP) is 3.55. The monoisotopic (exact) mass is 311 g/mol. The van der Waals surface area contributed by atoms with Gasteiger partial charge in [0.2, 0.25) is 5.91 Å². The van der Waals surface area contributed by atoms with Gasteiger partial charge in [0, 0.05) is 12.1 Å². The summed E-state index contributed by atoms with van der Waals surface area (Å²) in [6, 6.07) is 0.235. The molecule has 114 valence electrons. The molecule has 0 saturated carbocycles. The van der Waals surface area contributed by atoms with Crippen molar-refractivity contribution in [2.75, 3.05) is 19.0 Å². The molecule has 0 aromatic rings. The van der Waals surface area contributed by atoms with Gasteiger partial charge in [-0.25, -0.2) is 4.57 Å². The van der Waals surface area contributed by atoms with E-state index in [0.717, 1.165) is 11.4 Å². The van der Waals surface area contributed by atoms with Crippen molar-refractivity contribution in [3.8, 4) is 0 Å². The number of hydrogen-bond acceptors (Lipinski definition) is 5. The summed E-state index contributed by atoms with van der Waals surface area (Å²) in [4.78, 5) is 13.9. The van der Waals surface area contributed by atoms with Crippen LogP contribution in [0.25, 0.3) is 0 Å². The van der Waals surface area contributed by atoms with Crippen LogP contribution >= 0.6 is 18.2 Å². The number of carbonyl (C=O) groups excluding carboxylic acids is 1. The molecule has 0 atom stereocenters. The summed E-state index contributed by atoms with van der Waals surface area (Å²) in [5.74, 6) is 0.0582. The first-order chi connectivity index (χ1) is 8.77. The first kappa shape index (κ1) is 19.0. The van der Waals surface area contributed by atoms with Gasteiger partial charge in [0.25, 0.3) is 0 Å². The molecule has 19 heavy (non-hydrogen) atoms. The minimum atomic E-state index is -3.20. The number of carbonyl (C=O) groups is 1. The summed E-state index contributed by atoms with van der Waals surface area (Å²) in [6.07, 6.45) is 0. The molecule has 0 aliphatic carbocycles. The van der Waals surface area contributed by atoms with Crippen LogP contribution in [0.1, 0.15) is 41.5 Å². The molecule has 0 heterocycles. The Hall–Kier alpha value is -0.0300. The lowest BCUT2D eigenvalue weighted by atomic mass is 10.2. The second-order valence-electron chi connectivity index (χ2n) is 4.54. The maximum absolute atomic E-state index is 12.2. The zero-order valence-electron chi connectivity index (χ0n) is 12.7. The zero-order chi connectivity index (χ0) is 15.1. The van der Waals surface area contributed by atoms with Gasteiger partial charge in [0.05, 0.1) is 19.0 Å². The number of hydrogen-bond donors (Lipinski definition) is 0. The molecule has 0 unspecified atom stereocenters. The van der Waals surface area contributed by atoms with Gasteiger partial charge in [-0.2, -0.15) is 0 Å². The maximum atomic E-state index is 12.2. The molecule has 0 aliphatic heterocycles. The van der Waals surface area contributed by atoms with Crippen molar-refractivity contribution in [3.05, 3.63) is 0 Å². The van der Waals surface area contributed by atoms with E-state index in [9.17, 15) is 9.36 Å². The Morgan fingerprint density at radius 2 is 1.53 bits per heavy atom. The molecule has 5 nitrogen and oxygen atoms in total. The van der Waals surface area contributed by atoms with E-state index >= 15 is 0 Å². The molecule has 0 aromatic carbocycles. The van der Waals surface area contributed by atoms with Crippen molar-refractivity contribution in [1.29, 1.82) is 0 Å². The zero-order valence-corrected chi connectivity index (χ0v) is 14.4. The van der Waals surface area contributed by atoms with Gasteiger partial charge in [0.15, 0.2) is 0 Å². The third-order valence-corrected chi connectivity index (χ3v) is 6.13. The second kappa shape index (κ2) is 9.01. The quantitative estimate of drug-likeness (QED) is 0.610. The van der Waals surface area contributed by atoms with Gasteiger partial charge >= 0.3 is 6.80 Å². The van der Waals surface area contributed by atoms with Gasteiger partial charge in [-0.15, -0.1) is 0 Å². The molecule has 0 spiro atoms. The van der Waals surface area contributed by atoms with E-state index in [1.54, 1.807) is 18.7 Å². The van der Waals surface area contributed by atoms with E-state index in [4.69, 9.17) is 9.05 Å². The van der Waals surface area contributed by atoms with Crippen LogP contribution in [0.3, 0.4) is 0 Å². The van der Waals surface area contributed by atoms with E-state index in [0.29, 0.717) is 13.2 Å². The number of amides is 1.